The van der Waals surface area contributed by atoms with E-state index in [1.807, 2.05) is 11.4 Å². The first-order chi connectivity index (χ1) is 23.3. The highest BCUT2D eigenvalue weighted by Crippen LogP contribution is 2.43. The quantitative estimate of drug-likeness (QED) is 0.181. The monoisotopic (exact) mass is 685 g/mol. The molecular weight excluding hydrogens is 650 g/mol. The summed E-state index contributed by atoms with van der Waals surface area (Å²) in [6, 6.07) is 15.2. The van der Waals surface area contributed by atoms with Crippen molar-refractivity contribution in [3.8, 4) is 27.3 Å². The second-order valence-electron chi connectivity index (χ2n) is 12.0. The standard InChI is InChI=1S/C35H35N5O8S/c1-35(2,3)48-34(45)38-17-19-5-7-21(8-6-19)39-31(42)24-15-25-27(47-13-11-20-12-14-49-30(20)25)16-23(24)22-9-10-26(32(43)37-18-28(36)41)40-29(22)33(44)46-4/h5-10,12,14-16H,11,13,17-18H2,1-4H3,(H2,36,41)(H,37,43)(H,38,45)(H,39,42). The number of primary amides is 1. The molecule has 4 aromatic rings. The minimum Gasteiger partial charge on any atom is -0.493 e. The Hall–Kier alpha value is -5.76. The minimum absolute atomic E-state index is 0.160. The van der Waals surface area contributed by atoms with Crippen molar-refractivity contribution in [2.24, 2.45) is 5.73 Å². The van der Waals surface area contributed by atoms with E-state index >= 15 is 0 Å². The highest BCUT2D eigenvalue weighted by atomic mass is 32.1. The average molecular weight is 686 g/mol. The van der Waals surface area contributed by atoms with Crippen LogP contribution in [0.3, 0.4) is 0 Å². The third kappa shape index (κ3) is 8.40. The van der Waals surface area contributed by atoms with E-state index in [2.05, 4.69) is 20.9 Å². The van der Waals surface area contributed by atoms with Gasteiger partial charge >= 0.3 is 12.1 Å². The van der Waals surface area contributed by atoms with Gasteiger partial charge in [-0.1, -0.05) is 12.1 Å². The van der Waals surface area contributed by atoms with Crippen LogP contribution in [0.25, 0.3) is 21.6 Å². The van der Waals surface area contributed by atoms with Crippen LogP contribution >= 0.6 is 11.3 Å². The predicted octanol–water partition coefficient (Wildman–Crippen LogP) is 4.69. The highest BCUT2D eigenvalue weighted by molar-refractivity contribution is 7.13. The van der Waals surface area contributed by atoms with Gasteiger partial charge in [-0.25, -0.2) is 14.6 Å². The first kappa shape index (κ1) is 34.6. The smallest absolute Gasteiger partial charge is 0.407 e. The van der Waals surface area contributed by atoms with Crippen molar-refractivity contribution in [2.45, 2.75) is 39.3 Å². The van der Waals surface area contributed by atoms with E-state index in [9.17, 15) is 24.0 Å². The van der Waals surface area contributed by atoms with Crippen molar-refractivity contribution in [1.29, 1.82) is 0 Å². The molecule has 2 aromatic heterocycles. The summed E-state index contributed by atoms with van der Waals surface area (Å²) >= 11 is 1.53. The van der Waals surface area contributed by atoms with Gasteiger partial charge in [0.05, 0.1) is 20.3 Å². The highest BCUT2D eigenvalue weighted by Gasteiger charge is 2.27. The zero-order valence-corrected chi connectivity index (χ0v) is 28.1. The summed E-state index contributed by atoms with van der Waals surface area (Å²) in [4.78, 5) is 68.2. The number of nitrogens with two attached hydrogens (primary N) is 1. The molecule has 0 spiro atoms. The number of methoxy groups -OCH3 is 1. The molecule has 0 fully saturated rings. The third-order valence-electron chi connectivity index (χ3n) is 7.25. The Labute approximate surface area is 286 Å². The Kier molecular flexibility index (Phi) is 10.3. The molecule has 5 rings (SSSR count). The number of esters is 1. The summed E-state index contributed by atoms with van der Waals surface area (Å²) in [5, 5.41) is 9.94. The van der Waals surface area contributed by atoms with Gasteiger partial charge in [0, 0.05) is 45.8 Å². The molecule has 1 aliphatic heterocycles. The lowest BCUT2D eigenvalue weighted by molar-refractivity contribution is -0.117. The van der Waals surface area contributed by atoms with Crippen LogP contribution in [0.15, 0.2) is 60.0 Å². The van der Waals surface area contributed by atoms with Crippen LogP contribution in [0.1, 0.15) is 63.2 Å². The molecule has 2 aromatic carbocycles. The molecule has 49 heavy (non-hydrogen) atoms. The lowest BCUT2D eigenvalue weighted by atomic mass is 9.93. The van der Waals surface area contributed by atoms with Crippen molar-refractivity contribution >= 4 is 46.8 Å². The fourth-order valence-electron chi connectivity index (χ4n) is 5.03. The lowest BCUT2D eigenvalue weighted by Gasteiger charge is -2.19. The van der Waals surface area contributed by atoms with E-state index in [-0.39, 0.29) is 29.1 Å². The molecule has 0 saturated carbocycles. The number of aromatic nitrogens is 1. The fraction of sp³-hybridized carbons (Fsp3) is 0.257. The van der Waals surface area contributed by atoms with E-state index < -0.39 is 41.9 Å². The van der Waals surface area contributed by atoms with Gasteiger partial charge in [-0.05, 0) is 79.7 Å². The molecule has 254 valence electrons. The Morgan fingerprint density at radius 3 is 2.39 bits per heavy atom. The number of ether oxygens (including phenoxy) is 3. The Bertz CT molecular complexity index is 1930. The second-order valence-corrected chi connectivity index (χ2v) is 12.9. The maximum Gasteiger partial charge on any atom is 0.407 e. The van der Waals surface area contributed by atoms with Gasteiger partial charge in [0.2, 0.25) is 5.91 Å². The maximum absolute atomic E-state index is 14.1. The maximum atomic E-state index is 14.1. The average Bonchev–Trinajstić information content (AvgIpc) is 3.46. The summed E-state index contributed by atoms with van der Waals surface area (Å²) in [5.41, 5.74) is 7.93. The van der Waals surface area contributed by atoms with Crippen molar-refractivity contribution in [1.82, 2.24) is 15.6 Å². The van der Waals surface area contributed by atoms with Crippen molar-refractivity contribution in [3.05, 3.63) is 88.1 Å². The molecule has 0 aliphatic carbocycles. The summed E-state index contributed by atoms with van der Waals surface area (Å²) in [7, 11) is 1.17. The van der Waals surface area contributed by atoms with Crippen LogP contribution in [0.4, 0.5) is 10.5 Å². The Morgan fingerprint density at radius 1 is 0.939 bits per heavy atom. The van der Waals surface area contributed by atoms with Gasteiger partial charge in [-0.3, -0.25) is 14.4 Å². The topological polar surface area (TPSA) is 188 Å². The molecule has 0 radical (unpaired) electrons. The number of benzene rings is 2. The first-order valence-electron chi connectivity index (χ1n) is 15.2. The molecule has 0 atom stereocenters. The van der Waals surface area contributed by atoms with Crippen molar-refractivity contribution in [2.75, 3.05) is 25.6 Å². The van der Waals surface area contributed by atoms with Crippen LogP contribution < -0.4 is 26.4 Å². The number of hydrogen-bond donors (Lipinski definition) is 4. The summed E-state index contributed by atoms with van der Waals surface area (Å²) in [6.45, 7) is 5.54. The van der Waals surface area contributed by atoms with Gasteiger partial charge in [0.1, 0.15) is 17.0 Å². The number of hydrogen-bond acceptors (Lipinski definition) is 10. The van der Waals surface area contributed by atoms with Crippen molar-refractivity contribution in [3.63, 3.8) is 0 Å². The molecule has 0 bridgehead atoms. The normalized spacial score (nSPS) is 11.9. The van der Waals surface area contributed by atoms with E-state index in [4.69, 9.17) is 19.9 Å². The number of thiophene rings is 1. The van der Waals surface area contributed by atoms with Gasteiger partial charge < -0.3 is 35.9 Å². The predicted molar refractivity (Wildman–Crippen MR) is 183 cm³/mol. The zero-order valence-electron chi connectivity index (χ0n) is 27.3. The molecule has 1 aliphatic rings. The molecule has 13 nitrogen and oxygen atoms in total. The molecule has 0 unspecified atom stereocenters. The minimum atomic E-state index is -0.849. The fourth-order valence-corrected chi connectivity index (χ4v) is 6.01. The molecule has 5 N–H and O–H groups in total. The lowest BCUT2D eigenvalue weighted by Crippen LogP contribution is -2.34. The largest absolute Gasteiger partial charge is 0.493 e. The summed E-state index contributed by atoms with van der Waals surface area (Å²) < 4.78 is 16.4. The zero-order chi connectivity index (χ0) is 35.3. The van der Waals surface area contributed by atoms with E-state index in [0.29, 0.717) is 30.0 Å². The number of nitrogens with one attached hydrogen (secondary N) is 3. The van der Waals surface area contributed by atoms with Gasteiger partial charge in [0.15, 0.2) is 5.69 Å². The number of anilines is 1. The van der Waals surface area contributed by atoms with Crippen LogP contribution in [-0.2, 0) is 27.2 Å². The molecule has 4 amide bonds. The van der Waals surface area contributed by atoms with Gasteiger partial charge in [-0.15, -0.1) is 11.3 Å². The number of carbonyl (C=O) groups excluding carboxylic acids is 5. The van der Waals surface area contributed by atoms with Crippen LogP contribution in [-0.4, -0.2) is 60.6 Å². The molecule has 3 heterocycles. The Morgan fingerprint density at radius 2 is 1.69 bits per heavy atom. The molecule has 0 saturated heterocycles. The summed E-state index contributed by atoms with van der Waals surface area (Å²) in [5.74, 6) is -2.31. The number of alkyl carbamates (subject to hydrolysis) is 1. The number of nitrogens with zero attached hydrogens (tertiary/aromatic N) is 1. The Balaban J connectivity index is 1.52. The number of amides is 4. The van der Waals surface area contributed by atoms with Gasteiger partial charge in [-0.2, -0.15) is 0 Å². The summed E-state index contributed by atoms with van der Waals surface area (Å²) in [6.07, 6.45) is 0.127. The van der Waals surface area contributed by atoms with E-state index in [1.54, 1.807) is 57.2 Å². The number of rotatable bonds is 9. The first-order valence-corrected chi connectivity index (χ1v) is 16.1. The van der Waals surface area contributed by atoms with E-state index in [1.165, 1.54) is 30.6 Å². The van der Waals surface area contributed by atoms with Crippen LogP contribution in [0.2, 0.25) is 0 Å². The molecule has 14 heteroatoms. The molecular formula is C35H35N5O8S. The van der Waals surface area contributed by atoms with Crippen molar-refractivity contribution < 1.29 is 38.2 Å². The second kappa shape index (κ2) is 14.6. The SMILES string of the molecule is COC(=O)c1nc(C(=O)NCC(N)=O)ccc1-c1cc2c(cc1C(=O)Nc1ccc(CNC(=O)OC(C)(C)C)cc1)-c1sccc1CCO2. The van der Waals surface area contributed by atoms with Gasteiger partial charge in [0.25, 0.3) is 11.8 Å². The number of carbonyl (C=O) groups is 5. The number of pyridine rings is 1. The third-order valence-corrected chi connectivity index (χ3v) is 8.24. The van der Waals surface area contributed by atoms with Crippen LogP contribution in [0, 0.1) is 0 Å². The van der Waals surface area contributed by atoms with E-state index in [0.717, 1.165) is 21.6 Å². The number of fused-ring (bicyclic) bond motifs is 3. The van der Waals surface area contributed by atoms with Crippen LogP contribution in [0.5, 0.6) is 5.75 Å².